The fourth-order valence-corrected chi connectivity index (χ4v) is 2.55. The van der Waals surface area contributed by atoms with Crippen molar-refractivity contribution in [2.24, 2.45) is 0 Å². The summed E-state index contributed by atoms with van der Waals surface area (Å²) in [5.41, 5.74) is 3.64. The summed E-state index contributed by atoms with van der Waals surface area (Å²) < 4.78 is 6.01. The van der Waals surface area contributed by atoms with E-state index >= 15 is 0 Å². The maximum atomic E-state index is 10.2. The van der Waals surface area contributed by atoms with Crippen molar-refractivity contribution in [2.75, 3.05) is 0 Å². The van der Waals surface area contributed by atoms with Crippen LogP contribution in [0.15, 0.2) is 30.5 Å². The van der Waals surface area contributed by atoms with Gasteiger partial charge in [0.15, 0.2) is 0 Å². The molecule has 2 aromatic rings. The number of ether oxygens (including phenoxy) is 1. The summed E-state index contributed by atoms with van der Waals surface area (Å²) in [5, 5.41) is 10.2. The quantitative estimate of drug-likeness (QED) is 0.854. The Morgan fingerprint density at radius 3 is 2.70 bits per heavy atom. The van der Waals surface area contributed by atoms with Crippen molar-refractivity contribution in [2.45, 2.75) is 39.2 Å². The minimum atomic E-state index is -0.177. The molecule has 3 heteroatoms. The van der Waals surface area contributed by atoms with Gasteiger partial charge < -0.3 is 9.84 Å². The first-order valence-electron chi connectivity index (χ1n) is 6.92. The summed E-state index contributed by atoms with van der Waals surface area (Å²) in [4.78, 5) is 4.30. The maximum Gasteiger partial charge on any atom is 0.127 e. The fraction of sp³-hybridized carbons (Fsp3) is 0.353. The molecule has 0 aliphatic carbocycles. The van der Waals surface area contributed by atoms with E-state index in [1.54, 1.807) is 6.07 Å². The zero-order chi connectivity index (χ0) is 14.3. The predicted molar refractivity (Wildman–Crippen MR) is 79.1 cm³/mol. The van der Waals surface area contributed by atoms with Crippen molar-refractivity contribution in [3.8, 4) is 22.6 Å². The molecule has 0 spiro atoms. The van der Waals surface area contributed by atoms with Crippen LogP contribution in [-0.4, -0.2) is 15.7 Å². The number of phenols is 1. The van der Waals surface area contributed by atoms with Gasteiger partial charge in [0.2, 0.25) is 0 Å². The normalized spacial score (nSPS) is 16.4. The maximum absolute atomic E-state index is 10.2. The Kier molecular flexibility index (Phi) is 2.93. The van der Waals surface area contributed by atoms with E-state index in [-0.39, 0.29) is 5.60 Å². The van der Waals surface area contributed by atoms with Gasteiger partial charge in [0.1, 0.15) is 17.1 Å². The first kappa shape index (κ1) is 13.0. The first-order chi connectivity index (χ1) is 9.44. The van der Waals surface area contributed by atoms with Crippen LogP contribution < -0.4 is 4.74 Å². The number of nitrogens with zero attached hydrogens (tertiary/aromatic N) is 1. The molecule has 1 aliphatic rings. The summed E-state index contributed by atoms with van der Waals surface area (Å²) in [5.74, 6) is 1.10. The Hall–Kier alpha value is -2.03. The van der Waals surface area contributed by atoms with Gasteiger partial charge in [0.25, 0.3) is 0 Å². The van der Waals surface area contributed by atoms with Gasteiger partial charge >= 0.3 is 0 Å². The van der Waals surface area contributed by atoms with Crippen LogP contribution in [0, 0.1) is 6.92 Å². The fourth-order valence-electron chi connectivity index (χ4n) is 2.55. The highest BCUT2D eigenvalue weighted by Gasteiger charge is 2.28. The van der Waals surface area contributed by atoms with Crippen LogP contribution in [0.25, 0.3) is 11.1 Å². The summed E-state index contributed by atoms with van der Waals surface area (Å²) in [6.45, 7) is 6.11. The van der Waals surface area contributed by atoms with Crippen LogP contribution in [0.1, 0.15) is 31.5 Å². The van der Waals surface area contributed by atoms with E-state index in [9.17, 15) is 5.11 Å². The van der Waals surface area contributed by atoms with Gasteiger partial charge in [-0.3, -0.25) is 4.98 Å². The number of pyridine rings is 1. The molecule has 0 radical (unpaired) electrons. The van der Waals surface area contributed by atoms with Gasteiger partial charge in [-0.1, -0.05) is 6.07 Å². The van der Waals surface area contributed by atoms with Crippen molar-refractivity contribution in [1.29, 1.82) is 0 Å². The second-order valence-electron chi connectivity index (χ2n) is 6.02. The van der Waals surface area contributed by atoms with Gasteiger partial charge in [-0.05, 0) is 57.4 Å². The first-order valence-corrected chi connectivity index (χ1v) is 6.92. The molecule has 20 heavy (non-hydrogen) atoms. The minimum Gasteiger partial charge on any atom is -0.508 e. The lowest BCUT2D eigenvalue weighted by Gasteiger charge is -2.33. The molecule has 0 unspecified atom stereocenters. The topological polar surface area (TPSA) is 42.4 Å². The van der Waals surface area contributed by atoms with Crippen LogP contribution in [-0.2, 0) is 6.42 Å². The van der Waals surface area contributed by atoms with Crippen LogP contribution in [0.5, 0.6) is 11.5 Å². The summed E-state index contributed by atoms with van der Waals surface area (Å²) in [6.07, 6.45) is 3.59. The molecule has 1 aliphatic heterocycles. The molecule has 0 fully saturated rings. The predicted octanol–water partition coefficient (Wildman–Crippen LogP) is 3.87. The molecule has 3 nitrogen and oxygen atoms in total. The largest absolute Gasteiger partial charge is 0.508 e. The average molecular weight is 269 g/mol. The average Bonchev–Trinajstić information content (AvgIpc) is 2.37. The van der Waals surface area contributed by atoms with Crippen molar-refractivity contribution < 1.29 is 9.84 Å². The van der Waals surface area contributed by atoms with Gasteiger partial charge in [0, 0.05) is 23.0 Å². The van der Waals surface area contributed by atoms with E-state index in [1.807, 2.05) is 31.3 Å². The third kappa shape index (κ3) is 2.36. The second-order valence-corrected chi connectivity index (χ2v) is 6.02. The van der Waals surface area contributed by atoms with Crippen molar-refractivity contribution in [3.05, 3.63) is 41.7 Å². The molecule has 0 saturated carbocycles. The van der Waals surface area contributed by atoms with E-state index in [4.69, 9.17) is 4.74 Å². The molecular formula is C17H19NO2. The van der Waals surface area contributed by atoms with Gasteiger partial charge in [-0.15, -0.1) is 0 Å². The zero-order valence-corrected chi connectivity index (χ0v) is 12.1. The smallest absolute Gasteiger partial charge is 0.127 e. The van der Waals surface area contributed by atoms with Crippen LogP contribution in [0.4, 0.5) is 0 Å². The third-order valence-corrected chi connectivity index (χ3v) is 3.79. The van der Waals surface area contributed by atoms with E-state index in [2.05, 4.69) is 18.8 Å². The second kappa shape index (κ2) is 4.51. The highest BCUT2D eigenvalue weighted by Crippen LogP contribution is 2.41. The molecule has 0 amide bonds. The lowest BCUT2D eigenvalue weighted by molar-refractivity contribution is 0.0838. The Labute approximate surface area is 119 Å². The number of aryl methyl sites for hydroxylation is 1. The number of hydrogen-bond donors (Lipinski definition) is 1. The molecule has 3 rings (SSSR count). The van der Waals surface area contributed by atoms with E-state index < -0.39 is 0 Å². The Bertz CT molecular complexity index is 645. The third-order valence-electron chi connectivity index (χ3n) is 3.79. The molecule has 0 atom stereocenters. The highest BCUT2D eigenvalue weighted by atomic mass is 16.5. The van der Waals surface area contributed by atoms with E-state index in [0.29, 0.717) is 5.75 Å². The molecule has 1 N–H and O–H groups in total. The van der Waals surface area contributed by atoms with Crippen molar-refractivity contribution in [1.82, 2.24) is 4.98 Å². The van der Waals surface area contributed by atoms with Gasteiger partial charge in [-0.2, -0.15) is 0 Å². The Morgan fingerprint density at radius 1 is 1.20 bits per heavy atom. The molecular weight excluding hydrogens is 250 g/mol. The highest BCUT2D eigenvalue weighted by molar-refractivity contribution is 5.68. The number of aromatic hydroxyl groups is 1. The standard InChI is InChI=1S/C17H19NO2/c1-11-4-5-12(10-18-11)13-8-15(19)14-6-7-17(2,3)20-16(14)9-13/h4-5,8-10,19H,6-7H2,1-3H3. The molecule has 1 aromatic heterocycles. The molecule has 0 saturated heterocycles. The zero-order valence-electron chi connectivity index (χ0n) is 12.1. The summed E-state index contributed by atoms with van der Waals surface area (Å²) in [7, 11) is 0. The number of benzene rings is 1. The van der Waals surface area contributed by atoms with Crippen molar-refractivity contribution >= 4 is 0 Å². The minimum absolute atomic E-state index is 0.177. The number of phenolic OH excluding ortho intramolecular Hbond substituents is 1. The SMILES string of the molecule is Cc1ccc(-c2cc(O)c3c(c2)OC(C)(C)CC3)cn1. The van der Waals surface area contributed by atoms with E-state index in [1.165, 1.54) is 0 Å². The lowest BCUT2D eigenvalue weighted by atomic mass is 9.92. The Morgan fingerprint density at radius 2 is 2.00 bits per heavy atom. The van der Waals surface area contributed by atoms with Gasteiger partial charge in [-0.25, -0.2) is 0 Å². The summed E-state index contributed by atoms with van der Waals surface area (Å²) >= 11 is 0. The molecule has 0 bridgehead atoms. The van der Waals surface area contributed by atoms with Crippen molar-refractivity contribution in [3.63, 3.8) is 0 Å². The van der Waals surface area contributed by atoms with Crippen LogP contribution in [0.3, 0.4) is 0 Å². The number of aromatic nitrogens is 1. The summed E-state index contributed by atoms with van der Waals surface area (Å²) in [6, 6.07) is 7.78. The van der Waals surface area contributed by atoms with E-state index in [0.717, 1.165) is 41.0 Å². The molecule has 1 aromatic carbocycles. The monoisotopic (exact) mass is 269 g/mol. The van der Waals surface area contributed by atoms with Crippen LogP contribution in [0.2, 0.25) is 0 Å². The number of fused-ring (bicyclic) bond motifs is 1. The van der Waals surface area contributed by atoms with Crippen LogP contribution >= 0.6 is 0 Å². The lowest BCUT2D eigenvalue weighted by Crippen LogP contribution is -2.32. The molecule has 104 valence electrons. The Balaban J connectivity index is 2.06. The number of rotatable bonds is 1. The number of hydrogen-bond acceptors (Lipinski definition) is 3. The molecule has 2 heterocycles. The van der Waals surface area contributed by atoms with Gasteiger partial charge in [0.05, 0.1) is 0 Å².